The highest BCUT2D eigenvalue weighted by molar-refractivity contribution is 6.51. The van der Waals surface area contributed by atoms with Gasteiger partial charge in [-0.05, 0) is 19.3 Å². The highest BCUT2D eigenvalue weighted by Gasteiger charge is 2.24. The van der Waals surface area contributed by atoms with Crippen molar-refractivity contribution in [3.05, 3.63) is 0 Å². The Labute approximate surface area is 126 Å². The third kappa shape index (κ3) is 9.08. The van der Waals surface area contributed by atoms with Crippen LogP contribution in [0.25, 0.3) is 0 Å². The lowest BCUT2D eigenvalue weighted by molar-refractivity contribution is 0.0133. The number of rotatable bonds is 13. The maximum Gasteiger partial charge on any atom is 0.461 e. The molecular formula is C16H36AlNO. The van der Waals surface area contributed by atoms with E-state index in [9.17, 15) is 0 Å². The molecule has 1 atom stereocenters. The standard InChI is InChI=1S/C12H26NO.2C2H5.Al/c1-4-7-10-13(11-8-5-2)12(14)9-6-3;2*1-2;/h12H,4-11H2,1-3H3;2*1H2,2H3;/q-1;;;+1. The molecule has 1 unspecified atom stereocenters. The van der Waals surface area contributed by atoms with E-state index < -0.39 is 14.5 Å². The second-order valence-corrected chi connectivity index (χ2v) is 8.71. The first-order chi connectivity index (χ1) is 9.23. The van der Waals surface area contributed by atoms with E-state index in [4.69, 9.17) is 3.79 Å². The maximum atomic E-state index is 6.51. The normalized spacial score (nSPS) is 12.9. The van der Waals surface area contributed by atoms with E-state index in [1.807, 2.05) is 0 Å². The van der Waals surface area contributed by atoms with Crippen LogP contribution in [0.2, 0.25) is 10.6 Å². The molecule has 0 aromatic rings. The Hall–Kier alpha value is 0.452. The van der Waals surface area contributed by atoms with E-state index in [-0.39, 0.29) is 0 Å². The number of hydrogen-bond acceptors (Lipinski definition) is 2. The molecule has 114 valence electrons. The quantitative estimate of drug-likeness (QED) is 0.346. The molecule has 19 heavy (non-hydrogen) atoms. The third-order valence-corrected chi connectivity index (χ3v) is 6.32. The molecule has 0 fully saturated rings. The van der Waals surface area contributed by atoms with Crippen molar-refractivity contribution in [2.24, 2.45) is 0 Å². The predicted octanol–water partition coefficient (Wildman–Crippen LogP) is 5.06. The van der Waals surface area contributed by atoms with Gasteiger partial charge in [0, 0.05) is 13.1 Å². The van der Waals surface area contributed by atoms with E-state index in [2.05, 4.69) is 39.5 Å². The van der Waals surface area contributed by atoms with Gasteiger partial charge in [0.2, 0.25) is 0 Å². The van der Waals surface area contributed by atoms with Crippen LogP contribution in [0.1, 0.15) is 73.1 Å². The average molecular weight is 285 g/mol. The van der Waals surface area contributed by atoms with Gasteiger partial charge in [-0.15, -0.1) is 0 Å². The maximum absolute atomic E-state index is 6.51. The summed E-state index contributed by atoms with van der Waals surface area (Å²) in [5.41, 5.74) is 0. The van der Waals surface area contributed by atoms with Gasteiger partial charge < -0.3 is 3.79 Å². The van der Waals surface area contributed by atoms with Gasteiger partial charge in [-0.25, -0.2) is 0 Å². The summed E-state index contributed by atoms with van der Waals surface area (Å²) in [7, 11) is 0. The molecule has 3 heteroatoms. The van der Waals surface area contributed by atoms with Crippen LogP contribution < -0.4 is 0 Å². The van der Waals surface area contributed by atoms with Crippen molar-refractivity contribution in [1.29, 1.82) is 0 Å². The van der Waals surface area contributed by atoms with E-state index >= 15 is 0 Å². The van der Waals surface area contributed by atoms with Crippen LogP contribution in [-0.4, -0.2) is 38.7 Å². The van der Waals surface area contributed by atoms with E-state index in [1.54, 1.807) is 0 Å². The topological polar surface area (TPSA) is 12.5 Å². The molecule has 0 aliphatic rings. The van der Waals surface area contributed by atoms with Gasteiger partial charge in [0.1, 0.15) is 0 Å². The second kappa shape index (κ2) is 13.4. The van der Waals surface area contributed by atoms with Gasteiger partial charge in [0.25, 0.3) is 0 Å². The third-order valence-electron chi connectivity index (χ3n) is 3.80. The summed E-state index contributed by atoms with van der Waals surface area (Å²) in [6.07, 6.45) is 8.01. The number of hydrogen-bond donors (Lipinski definition) is 0. The molecule has 0 rings (SSSR count). The van der Waals surface area contributed by atoms with E-state index in [0.29, 0.717) is 6.23 Å². The van der Waals surface area contributed by atoms with Crippen molar-refractivity contribution >= 4 is 14.5 Å². The van der Waals surface area contributed by atoms with E-state index in [0.717, 1.165) is 0 Å². The van der Waals surface area contributed by atoms with Crippen LogP contribution in [0.4, 0.5) is 0 Å². The Morgan fingerprint density at radius 3 is 1.74 bits per heavy atom. The predicted molar refractivity (Wildman–Crippen MR) is 87.9 cm³/mol. The molecule has 0 bridgehead atoms. The van der Waals surface area contributed by atoms with Crippen molar-refractivity contribution in [2.75, 3.05) is 13.1 Å². The minimum Gasteiger partial charge on any atom is -0.487 e. The monoisotopic (exact) mass is 285 g/mol. The zero-order valence-corrected chi connectivity index (χ0v) is 15.2. The van der Waals surface area contributed by atoms with Gasteiger partial charge in [-0.1, -0.05) is 64.4 Å². The largest absolute Gasteiger partial charge is 0.487 e. The van der Waals surface area contributed by atoms with Crippen molar-refractivity contribution < 1.29 is 3.79 Å². The molecule has 0 saturated heterocycles. The summed E-state index contributed by atoms with van der Waals surface area (Å²) in [4.78, 5) is 2.63. The molecule has 0 N–H and O–H groups in total. The highest BCUT2D eigenvalue weighted by atomic mass is 27.2. The van der Waals surface area contributed by atoms with Crippen LogP contribution in [0.15, 0.2) is 0 Å². The van der Waals surface area contributed by atoms with Gasteiger partial charge in [0.15, 0.2) is 0 Å². The van der Waals surface area contributed by atoms with Crippen LogP contribution in [-0.2, 0) is 3.79 Å². The van der Waals surface area contributed by atoms with E-state index in [1.165, 1.54) is 62.2 Å². The van der Waals surface area contributed by atoms with Gasteiger partial charge in [0.05, 0.1) is 6.23 Å². The molecule has 0 aliphatic carbocycles. The molecule has 0 amide bonds. The van der Waals surface area contributed by atoms with Crippen molar-refractivity contribution in [1.82, 2.24) is 4.90 Å². The zero-order chi connectivity index (χ0) is 14.5. The molecule has 0 aromatic carbocycles. The Kier molecular flexibility index (Phi) is 13.8. The molecule has 0 aromatic heterocycles. The molecule has 0 spiro atoms. The van der Waals surface area contributed by atoms with Gasteiger partial charge in [-0.2, -0.15) is 0 Å². The number of unbranched alkanes of at least 4 members (excludes halogenated alkanes) is 2. The summed E-state index contributed by atoms with van der Waals surface area (Å²) in [5.74, 6) is 0. The Balaban J connectivity index is 4.51. The van der Waals surface area contributed by atoms with Crippen LogP contribution >= 0.6 is 0 Å². The lowest BCUT2D eigenvalue weighted by Gasteiger charge is -2.34. The lowest BCUT2D eigenvalue weighted by atomic mass is 10.2. The first-order valence-corrected chi connectivity index (χ1v) is 10.7. The van der Waals surface area contributed by atoms with Crippen LogP contribution in [0.5, 0.6) is 0 Å². The molecule has 2 nitrogen and oxygen atoms in total. The fourth-order valence-corrected chi connectivity index (χ4v) is 4.12. The highest BCUT2D eigenvalue weighted by Crippen LogP contribution is 2.15. The summed E-state index contributed by atoms with van der Waals surface area (Å²) in [6.45, 7) is 13.9. The lowest BCUT2D eigenvalue weighted by Crippen LogP contribution is -2.42. The van der Waals surface area contributed by atoms with Crippen molar-refractivity contribution in [2.45, 2.75) is 89.9 Å². The Morgan fingerprint density at radius 1 is 0.842 bits per heavy atom. The first-order valence-electron chi connectivity index (χ1n) is 8.62. The second-order valence-electron chi connectivity index (χ2n) is 5.56. The summed E-state index contributed by atoms with van der Waals surface area (Å²) >= 11 is -0.947. The van der Waals surface area contributed by atoms with Gasteiger partial charge >= 0.3 is 14.5 Å². The van der Waals surface area contributed by atoms with Gasteiger partial charge in [-0.3, -0.25) is 4.90 Å². The molecule has 0 saturated carbocycles. The minimum absolute atomic E-state index is 0.402. The Morgan fingerprint density at radius 2 is 1.37 bits per heavy atom. The SMILES string of the molecule is CCCCN(CCCC)C(CCC)[O][Al]([CH2]C)[CH2]C. The minimum atomic E-state index is -0.947. The first kappa shape index (κ1) is 19.5. The van der Waals surface area contributed by atoms with Crippen LogP contribution in [0, 0.1) is 0 Å². The van der Waals surface area contributed by atoms with Crippen LogP contribution in [0.3, 0.4) is 0 Å². The fourth-order valence-electron chi connectivity index (χ4n) is 2.41. The van der Waals surface area contributed by atoms with Crippen molar-refractivity contribution in [3.8, 4) is 0 Å². The molecular weight excluding hydrogens is 249 g/mol. The molecule has 0 radical (unpaired) electrons. The molecule has 0 heterocycles. The summed E-state index contributed by atoms with van der Waals surface area (Å²) in [5, 5.41) is 2.54. The van der Waals surface area contributed by atoms with Crippen molar-refractivity contribution in [3.63, 3.8) is 0 Å². The number of nitrogens with zero attached hydrogens (tertiary/aromatic N) is 1. The zero-order valence-electron chi connectivity index (χ0n) is 14.1. The fraction of sp³-hybridized carbons (Fsp3) is 1.00. The smallest absolute Gasteiger partial charge is 0.461 e. The Bertz CT molecular complexity index is 178. The molecule has 0 aliphatic heterocycles. The summed E-state index contributed by atoms with van der Waals surface area (Å²) < 4.78 is 6.51. The summed E-state index contributed by atoms with van der Waals surface area (Å²) in [6, 6.07) is 0. The average Bonchev–Trinajstić information content (AvgIpc) is 2.44.